The van der Waals surface area contributed by atoms with E-state index >= 15 is 0 Å². The maximum Gasteiger partial charge on any atom is 0.0440 e. The van der Waals surface area contributed by atoms with Crippen LogP contribution in [-0.4, -0.2) is 0 Å². The van der Waals surface area contributed by atoms with Gasteiger partial charge in [0.25, 0.3) is 0 Å². The summed E-state index contributed by atoms with van der Waals surface area (Å²) in [6.45, 7) is 0. The van der Waals surface area contributed by atoms with Gasteiger partial charge in [-0.25, -0.2) is 0 Å². The molecule has 0 atom stereocenters. The molecule has 0 aliphatic rings. The predicted molar refractivity (Wildman–Crippen MR) is 206 cm³/mol. The summed E-state index contributed by atoms with van der Waals surface area (Å²) < 4.78 is 2.68. The fourth-order valence-corrected chi connectivity index (χ4v) is 9.09. The van der Waals surface area contributed by atoms with Crippen LogP contribution in [0.5, 0.6) is 0 Å². The molecule has 0 aliphatic carbocycles. The lowest BCUT2D eigenvalue weighted by Crippen LogP contribution is -1.93. The highest BCUT2D eigenvalue weighted by molar-refractivity contribution is 7.26. The van der Waals surface area contributed by atoms with Gasteiger partial charge in [-0.1, -0.05) is 158 Å². The normalized spacial score (nSPS) is 11.8. The smallest absolute Gasteiger partial charge is 0.0440 e. The molecule has 0 fully saturated rings. The summed E-state index contributed by atoms with van der Waals surface area (Å²) in [4.78, 5) is 0. The van der Waals surface area contributed by atoms with E-state index in [1.165, 1.54) is 96.6 Å². The van der Waals surface area contributed by atoms with Crippen LogP contribution in [0, 0.1) is 0 Å². The molecule has 10 rings (SSSR count). The minimum Gasteiger partial charge on any atom is -0.135 e. The average molecular weight is 613 g/mol. The third-order valence-corrected chi connectivity index (χ3v) is 11.1. The lowest BCUT2D eigenvalue weighted by atomic mass is 9.82. The molecule has 0 amide bonds. The van der Waals surface area contributed by atoms with E-state index in [0.717, 1.165) is 0 Å². The van der Waals surface area contributed by atoms with Gasteiger partial charge in [0.2, 0.25) is 0 Å². The largest absolute Gasteiger partial charge is 0.135 e. The van der Waals surface area contributed by atoms with Crippen LogP contribution in [0.4, 0.5) is 0 Å². The van der Waals surface area contributed by atoms with Gasteiger partial charge in [-0.2, -0.15) is 0 Å². The van der Waals surface area contributed by atoms with Crippen molar-refractivity contribution < 1.29 is 0 Å². The lowest BCUT2D eigenvalue weighted by molar-refractivity contribution is 1.64. The number of thiophene rings is 1. The molecule has 0 nitrogen and oxygen atoms in total. The van der Waals surface area contributed by atoms with E-state index < -0.39 is 0 Å². The highest BCUT2D eigenvalue weighted by Gasteiger charge is 2.22. The summed E-state index contributed by atoms with van der Waals surface area (Å²) in [6, 6.07) is 62.6. The van der Waals surface area contributed by atoms with E-state index in [0.29, 0.717) is 0 Å². The fraction of sp³-hybridized carbons (Fsp3) is 0. The molecule has 218 valence electrons. The minimum atomic E-state index is 1.24. The predicted octanol–water partition coefficient (Wildman–Crippen LogP) is 13.7. The molecule has 1 heteroatoms. The molecule has 0 saturated heterocycles. The van der Waals surface area contributed by atoms with Crippen molar-refractivity contribution in [2.45, 2.75) is 0 Å². The Kier molecular flexibility index (Phi) is 5.85. The van der Waals surface area contributed by atoms with Crippen LogP contribution < -0.4 is 0 Å². The number of rotatable bonds is 3. The summed E-state index contributed by atoms with van der Waals surface area (Å²) in [5, 5.41) is 12.9. The molecule has 1 heterocycles. The van der Waals surface area contributed by atoms with Crippen molar-refractivity contribution >= 4 is 74.6 Å². The summed E-state index contributed by atoms with van der Waals surface area (Å²) in [6.07, 6.45) is 0. The van der Waals surface area contributed by atoms with E-state index in [-0.39, 0.29) is 0 Å². The van der Waals surface area contributed by atoms with Crippen LogP contribution in [0.2, 0.25) is 0 Å². The zero-order chi connectivity index (χ0) is 30.9. The van der Waals surface area contributed by atoms with Crippen molar-refractivity contribution in [2.75, 3.05) is 0 Å². The third kappa shape index (κ3) is 3.94. The van der Waals surface area contributed by atoms with Crippen LogP contribution in [0.25, 0.3) is 96.6 Å². The van der Waals surface area contributed by atoms with E-state index in [4.69, 9.17) is 0 Å². The first kappa shape index (κ1) is 26.5. The molecule has 0 N–H and O–H groups in total. The molecule has 9 aromatic carbocycles. The van der Waals surface area contributed by atoms with Crippen molar-refractivity contribution in [3.8, 4) is 33.4 Å². The Morgan fingerprint density at radius 1 is 0.298 bits per heavy atom. The van der Waals surface area contributed by atoms with Gasteiger partial charge >= 0.3 is 0 Å². The molecular formula is C46H28S. The second-order valence-electron chi connectivity index (χ2n) is 12.4. The van der Waals surface area contributed by atoms with E-state index in [1.807, 2.05) is 11.3 Å². The molecule has 10 aromatic rings. The minimum absolute atomic E-state index is 1.24. The van der Waals surface area contributed by atoms with Crippen molar-refractivity contribution in [1.29, 1.82) is 0 Å². The molecule has 0 unspecified atom stereocenters. The van der Waals surface area contributed by atoms with Gasteiger partial charge in [0.15, 0.2) is 0 Å². The Morgan fingerprint density at radius 3 is 1.47 bits per heavy atom. The molecule has 0 bridgehead atoms. The number of fused-ring (bicyclic) bond motifs is 7. The molecule has 0 spiro atoms. The van der Waals surface area contributed by atoms with Gasteiger partial charge in [-0.15, -0.1) is 11.3 Å². The van der Waals surface area contributed by atoms with Crippen molar-refractivity contribution in [1.82, 2.24) is 0 Å². The maximum atomic E-state index is 2.40. The van der Waals surface area contributed by atoms with E-state index in [2.05, 4.69) is 170 Å². The molecule has 0 aliphatic heterocycles. The van der Waals surface area contributed by atoms with E-state index in [9.17, 15) is 0 Å². The zero-order valence-electron chi connectivity index (χ0n) is 25.6. The van der Waals surface area contributed by atoms with Gasteiger partial charge in [0.1, 0.15) is 0 Å². The van der Waals surface area contributed by atoms with Crippen LogP contribution in [-0.2, 0) is 0 Å². The van der Waals surface area contributed by atoms with E-state index in [1.54, 1.807) is 0 Å². The first-order chi connectivity index (χ1) is 23.3. The summed E-state index contributed by atoms with van der Waals surface area (Å²) in [5.74, 6) is 0. The Balaban J connectivity index is 1.37. The van der Waals surface area contributed by atoms with Crippen LogP contribution >= 0.6 is 11.3 Å². The zero-order valence-corrected chi connectivity index (χ0v) is 26.4. The Hall–Kier alpha value is -5.76. The Bertz CT molecular complexity index is 2780. The summed E-state index contributed by atoms with van der Waals surface area (Å²) in [5.41, 5.74) is 7.72. The lowest BCUT2D eigenvalue weighted by Gasteiger charge is -2.21. The fourth-order valence-electron chi connectivity index (χ4n) is 7.85. The monoisotopic (exact) mass is 612 g/mol. The second kappa shape index (κ2) is 10.4. The number of hydrogen-bond acceptors (Lipinski definition) is 1. The van der Waals surface area contributed by atoms with Crippen LogP contribution in [0.15, 0.2) is 170 Å². The molecule has 0 saturated carbocycles. The summed E-state index contributed by atoms with van der Waals surface area (Å²) in [7, 11) is 0. The van der Waals surface area contributed by atoms with Gasteiger partial charge < -0.3 is 0 Å². The highest BCUT2D eigenvalue weighted by atomic mass is 32.1. The van der Waals surface area contributed by atoms with Gasteiger partial charge in [0.05, 0.1) is 0 Å². The van der Waals surface area contributed by atoms with Crippen molar-refractivity contribution in [2.24, 2.45) is 0 Å². The molecule has 0 radical (unpaired) electrons. The maximum absolute atomic E-state index is 2.40. The van der Waals surface area contributed by atoms with Crippen LogP contribution in [0.1, 0.15) is 0 Å². The van der Waals surface area contributed by atoms with Gasteiger partial charge in [-0.3, -0.25) is 0 Å². The number of benzene rings is 9. The Morgan fingerprint density at radius 2 is 0.787 bits per heavy atom. The van der Waals surface area contributed by atoms with Crippen molar-refractivity contribution in [3.05, 3.63) is 170 Å². The second-order valence-corrected chi connectivity index (χ2v) is 13.4. The first-order valence-electron chi connectivity index (χ1n) is 16.2. The topological polar surface area (TPSA) is 0 Å². The number of hydrogen-bond donors (Lipinski definition) is 0. The first-order valence-corrected chi connectivity index (χ1v) is 17.0. The van der Waals surface area contributed by atoms with Gasteiger partial charge in [0, 0.05) is 25.7 Å². The highest BCUT2D eigenvalue weighted by Crippen LogP contribution is 2.51. The molecule has 1 aromatic heterocycles. The SMILES string of the molecule is c1ccc(-c2ccc(-c3c4ccccc4c(-c4c5ccccc5cc5c4sc4ccccc45)c4ccccc34)c3ccccc23)cc1. The third-order valence-electron chi connectivity index (χ3n) is 9.85. The molecule has 47 heavy (non-hydrogen) atoms. The average Bonchev–Trinajstić information content (AvgIpc) is 3.51. The van der Waals surface area contributed by atoms with Crippen LogP contribution in [0.3, 0.4) is 0 Å². The standard InChI is InChI=1S/C46H28S/c1-2-14-29(15-3-1)31-26-27-40(34-19-7-6-18-33(31)34)43-36-21-8-10-23-38(36)44(39-24-11-9-22-37(39)43)45-32-17-5-4-16-30(32)28-41-35-20-12-13-25-42(35)47-46(41)45/h1-28H. The quantitative estimate of drug-likeness (QED) is 0.174. The Labute approximate surface area is 276 Å². The van der Waals surface area contributed by atoms with Crippen molar-refractivity contribution in [3.63, 3.8) is 0 Å². The van der Waals surface area contributed by atoms with Gasteiger partial charge in [-0.05, 0) is 83.0 Å². The molecular weight excluding hydrogens is 585 g/mol. The summed E-state index contributed by atoms with van der Waals surface area (Å²) >= 11 is 1.92.